The maximum Gasteiger partial charge on any atom is 0.273 e. The van der Waals surface area contributed by atoms with Crippen LogP contribution in [0.1, 0.15) is 44.4 Å². The molecule has 1 atom stereocenters. The number of nitro groups is 1. The molecule has 34 heavy (non-hydrogen) atoms. The first kappa shape index (κ1) is 22.2. The lowest BCUT2D eigenvalue weighted by Gasteiger charge is -2.25. The van der Waals surface area contributed by atoms with Gasteiger partial charge < -0.3 is 5.32 Å². The molecule has 5 rings (SSSR count). The molecule has 8 heteroatoms. The Bertz CT molecular complexity index is 1310. The molecule has 0 spiro atoms. The van der Waals surface area contributed by atoms with Gasteiger partial charge >= 0.3 is 0 Å². The van der Waals surface area contributed by atoms with Gasteiger partial charge in [-0.25, -0.2) is 0 Å². The molecule has 0 radical (unpaired) electrons. The quantitative estimate of drug-likeness (QED) is 0.394. The van der Waals surface area contributed by atoms with Gasteiger partial charge in [0.2, 0.25) is 5.91 Å². The highest BCUT2D eigenvalue weighted by molar-refractivity contribution is 8.00. The van der Waals surface area contributed by atoms with E-state index in [4.69, 9.17) is 0 Å². The first-order valence-corrected chi connectivity index (χ1v) is 12.2. The van der Waals surface area contributed by atoms with Crippen molar-refractivity contribution >= 4 is 40.6 Å². The van der Waals surface area contributed by atoms with Gasteiger partial charge in [0.15, 0.2) is 0 Å². The van der Waals surface area contributed by atoms with E-state index in [1.54, 1.807) is 43.0 Å². The first-order chi connectivity index (χ1) is 16.4. The standard InChI is InChI=1S/C26H23N3O4S/c1-16-5-6-20(14-23(16)29(32)33)25(31)27-21-10-7-18(8-11-21)26-28(24(30)15-34-26)22-12-9-17-3-2-4-19(17)13-22/h5-14,26H,2-4,15H2,1H3,(H,27,31). The Morgan fingerprint density at radius 3 is 2.59 bits per heavy atom. The number of aryl methyl sites for hydroxylation is 3. The summed E-state index contributed by atoms with van der Waals surface area (Å²) >= 11 is 1.59. The van der Waals surface area contributed by atoms with Crippen molar-refractivity contribution < 1.29 is 14.5 Å². The molecule has 1 N–H and O–H groups in total. The van der Waals surface area contributed by atoms with Crippen LogP contribution >= 0.6 is 11.8 Å². The lowest BCUT2D eigenvalue weighted by molar-refractivity contribution is -0.385. The molecule has 1 unspecified atom stereocenters. The maximum absolute atomic E-state index is 12.7. The number of thioether (sulfide) groups is 1. The van der Waals surface area contributed by atoms with Gasteiger partial charge in [-0.15, -0.1) is 11.8 Å². The molecule has 1 heterocycles. The van der Waals surface area contributed by atoms with Crippen LogP contribution in [0.4, 0.5) is 17.1 Å². The second-order valence-corrected chi connectivity index (χ2v) is 9.64. The molecule has 1 saturated heterocycles. The molecule has 7 nitrogen and oxygen atoms in total. The van der Waals surface area contributed by atoms with Crippen LogP contribution in [-0.2, 0) is 17.6 Å². The molecular formula is C26H23N3O4S. The third-order valence-electron chi connectivity index (χ3n) is 6.35. The van der Waals surface area contributed by atoms with Crippen molar-refractivity contribution in [3.63, 3.8) is 0 Å². The van der Waals surface area contributed by atoms with Crippen LogP contribution in [0.2, 0.25) is 0 Å². The van der Waals surface area contributed by atoms with Crippen molar-refractivity contribution in [2.24, 2.45) is 0 Å². The molecule has 2 amide bonds. The van der Waals surface area contributed by atoms with Gasteiger partial charge in [-0.3, -0.25) is 24.6 Å². The molecule has 1 fully saturated rings. The zero-order valence-electron chi connectivity index (χ0n) is 18.6. The zero-order valence-corrected chi connectivity index (χ0v) is 19.4. The third-order valence-corrected chi connectivity index (χ3v) is 7.56. The van der Waals surface area contributed by atoms with Crippen molar-refractivity contribution in [3.05, 3.63) is 98.6 Å². The third kappa shape index (κ3) is 4.17. The summed E-state index contributed by atoms with van der Waals surface area (Å²) in [4.78, 5) is 37.9. The summed E-state index contributed by atoms with van der Waals surface area (Å²) in [5.74, 6) is 0.0965. The van der Waals surface area contributed by atoms with Crippen LogP contribution in [0.15, 0.2) is 60.7 Å². The summed E-state index contributed by atoms with van der Waals surface area (Å²) in [6, 6.07) is 18.1. The lowest BCUT2D eigenvalue weighted by Crippen LogP contribution is -2.27. The van der Waals surface area contributed by atoms with Crippen molar-refractivity contribution in [2.45, 2.75) is 31.6 Å². The summed E-state index contributed by atoms with van der Waals surface area (Å²) in [5, 5.41) is 13.8. The number of amides is 2. The predicted molar refractivity (Wildman–Crippen MR) is 133 cm³/mol. The van der Waals surface area contributed by atoms with Crippen LogP contribution in [0.5, 0.6) is 0 Å². The van der Waals surface area contributed by atoms with E-state index in [-0.39, 0.29) is 22.5 Å². The molecular weight excluding hydrogens is 450 g/mol. The minimum absolute atomic E-state index is 0.0856. The number of carbonyl (C=O) groups is 2. The van der Waals surface area contributed by atoms with Crippen molar-refractivity contribution in [2.75, 3.05) is 16.0 Å². The van der Waals surface area contributed by atoms with Gasteiger partial charge in [-0.05, 0) is 73.2 Å². The molecule has 1 aliphatic heterocycles. The highest BCUT2D eigenvalue weighted by Gasteiger charge is 2.34. The fourth-order valence-electron chi connectivity index (χ4n) is 4.54. The minimum Gasteiger partial charge on any atom is -0.322 e. The highest BCUT2D eigenvalue weighted by atomic mass is 32.2. The van der Waals surface area contributed by atoms with E-state index < -0.39 is 10.8 Å². The van der Waals surface area contributed by atoms with E-state index in [1.807, 2.05) is 23.1 Å². The Labute approximate surface area is 201 Å². The first-order valence-electron chi connectivity index (χ1n) is 11.1. The summed E-state index contributed by atoms with van der Waals surface area (Å²) < 4.78 is 0. The van der Waals surface area contributed by atoms with Gasteiger partial charge in [0.05, 0.1) is 10.7 Å². The molecule has 3 aromatic carbocycles. The van der Waals surface area contributed by atoms with E-state index in [9.17, 15) is 19.7 Å². The van der Waals surface area contributed by atoms with E-state index in [0.29, 0.717) is 17.0 Å². The monoisotopic (exact) mass is 473 g/mol. The zero-order chi connectivity index (χ0) is 23.8. The van der Waals surface area contributed by atoms with Gasteiger partial charge in [0.1, 0.15) is 5.37 Å². The maximum atomic E-state index is 12.7. The molecule has 1 aliphatic carbocycles. The van der Waals surface area contributed by atoms with Crippen LogP contribution in [0.3, 0.4) is 0 Å². The normalized spacial score (nSPS) is 17.0. The van der Waals surface area contributed by atoms with Crippen molar-refractivity contribution in [3.8, 4) is 0 Å². The fourth-order valence-corrected chi connectivity index (χ4v) is 5.72. The number of nitro benzene ring substituents is 1. The van der Waals surface area contributed by atoms with Crippen LogP contribution in [0.25, 0.3) is 0 Å². The number of nitrogens with zero attached hydrogens (tertiary/aromatic N) is 2. The van der Waals surface area contributed by atoms with Gasteiger partial charge in [-0.1, -0.05) is 24.3 Å². The van der Waals surface area contributed by atoms with Crippen LogP contribution in [0, 0.1) is 17.0 Å². The second kappa shape index (κ2) is 8.95. The average molecular weight is 474 g/mol. The van der Waals surface area contributed by atoms with E-state index in [1.165, 1.54) is 17.2 Å². The molecule has 0 saturated carbocycles. The number of benzene rings is 3. The van der Waals surface area contributed by atoms with Crippen molar-refractivity contribution in [1.29, 1.82) is 0 Å². The summed E-state index contributed by atoms with van der Waals surface area (Å²) in [6.45, 7) is 1.64. The van der Waals surface area contributed by atoms with Crippen LogP contribution in [-0.4, -0.2) is 22.5 Å². The largest absolute Gasteiger partial charge is 0.322 e. The number of anilines is 2. The van der Waals surface area contributed by atoms with Gasteiger partial charge in [0, 0.05) is 28.6 Å². The molecule has 2 aliphatic rings. The summed E-state index contributed by atoms with van der Waals surface area (Å²) in [6.07, 6.45) is 3.32. The number of hydrogen-bond acceptors (Lipinski definition) is 5. The fraction of sp³-hybridized carbons (Fsp3) is 0.231. The smallest absolute Gasteiger partial charge is 0.273 e. The summed E-state index contributed by atoms with van der Waals surface area (Å²) in [7, 11) is 0. The number of nitrogens with one attached hydrogen (secondary N) is 1. The number of fused-ring (bicyclic) bond motifs is 1. The Kier molecular flexibility index (Phi) is 5.83. The summed E-state index contributed by atoms with van der Waals surface area (Å²) in [5.41, 5.74) is 5.82. The van der Waals surface area contributed by atoms with E-state index in [2.05, 4.69) is 17.4 Å². The van der Waals surface area contributed by atoms with Gasteiger partial charge in [-0.2, -0.15) is 0 Å². The lowest BCUT2D eigenvalue weighted by atomic mass is 10.1. The average Bonchev–Trinajstić information content (AvgIpc) is 3.45. The molecule has 0 aromatic heterocycles. The van der Waals surface area contributed by atoms with Crippen molar-refractivity contribution in [1.82, 2.24) is 0 Å². The topological polar surface area (TPSA) is 92.6 Å². The van der Waals surface area contributed by atoms with Gasteiger partial charge in [0.25, 0.3) is 11.6 Å². The number of carbonyl (C=O) groups excluding carboxylic acids is 2. The molecule has 0 bridgehead atoms. The Hall–Kier alpha value is -3.65. The van der Waals surface area contributed by atoms with E-state index in [0.717, 1.165) is 30.5 Å². The minimum atomic E-state index is -0.492. The predicted octanol–water partition coefficient (Wildman–Crippen LogP) is 5.42. The number of hydrogen-bond donors (Lipinski definition) is 1. The second-order valence-electron chi connectivity index (χ2n) is 8.57. The number of rotatable bonds is 5. The molecule has 172 valence electrons. The Balaban J connectivity index is 1.33. The molecule has 3 aromatic rings. The van der Waals surface area contributed by atoms with E-state index >= 15 is 0 Å². The highest BCUT2D eigenvalue weighted by Crippen LogP contribution is 2.43. The Morgan fingerprint density at radius 2 is 1.82 bits per heavy atom. The Morgan fingerprint density at radius 1 is 1.06 bits per heavy atom. The SMILES string of the molecule is Cc1ccc(C(=O)Nc2ccc(C3SCC(=O)N3c3ccc4c(c3)CCC4)cc2)cc1[N+](=O)[O-]. The van der Waals surface area contributed by atoms with Crippen LogP contribution < -0.4 is 10.2 Å².